The van der Waals surface area contributed by atoms with Gasteiger partial charge in [-0.3, -0.25) is 19.0 Å². The highest BCUT2D eigenvalue weighted by Gasteiger charge is 2.73. The first-order valence-electron chi connectivity index (χ1n) is 34.8. The number of rotatable bonds is 10. The van der Waals surface area contributed by atoms with Gasteiger partial charge in [-0.15, -0.1) is 10.2 Å². The van der Waals surface area contributed by atoms with Gasteiger partial charge in [0.15, 0.2) is 0 Å². The van der Waals surface area contributed by atoms with Crippen LogP contribution in [0.15, 0.2) is 60.0 Å². The number of allylic oxidation sites excluding steroid dienone is 4. The predicted molar refractivity (Wildman–Crippen MR) is 343 cm³/mol. The van der Waals surface area contributed by atoms with Gasteiger partial charge in [-0.2, -0.15) is 0 Å². The van der Waals surface area contributed by atoms with E-state index in [1.165, 1.54) is 11.1 Å². The Morgan fingerprint density at radius 2 is 0.852 bits per heavy atom. The summed E-state index contributed by atoms with van der Waals surface area (Å²) >= 11 is 0. The Bertz CT molecular complexity index is 3070. The Balaban J connectivity index is 0.640. The van der Waals surface area contributed by atoms with Crippen molar-refractivity contribution in [1.29, 1.82) is 0 Å². The fourth-order valence-corrected chi connectivity index (χ4v) is 24.3. The second-order valence-electron chi connectivity index (χ2n) is 35.5. The zero-order valence-electron chi connectivity index (χ0n) is 56.2. The summed E-state index contributed by atoms with van der Waals surface area (Å²) < 4.78 is 3.57. The fourth-order valence-electron chi connectivity index (χ4n) is 24.3. The van der Waals surface area contributed by atoms with Crippen LogP contribution in [0.2, 0.25) is 0 Å². The van der Waals surface area contributed by atoms with Gasteiger partial charge in [0.25, 0.3) is 0 Å². The second kappa shape index (κ2) is 20.6. The molecular formula is C74H110N8O6. The van der Waals surface area contributed by atoms with Crippen molar-refractivity contribution in [2.24, 2.45) is 100 Å². The van der Waals surface area contributed by atoms with E-state index in [1.54, 1.807) is 9.36 Å². The van der Waals surface area contributed by atoms with Crippen LogP contribution in [0.3, 0.4) is 0 Å². The van der Waals surface area contributed by atoms with E-state index in [2.05, 4.69) is 140 Å². The minimum absolute atomic E-state index is 0.0282. The molecule has 14 heteroatoms. The molecule has 18 atom stereocenters. The van der Waals surface area contributed by atoms with E-state index in [4.69, 9.17) is 0 Å². The molecule has 8 fully saturated rings. The molecule has 0 radical (unpaired) electrons. The third kappa shape index (κ3) is 8.83. The highest BCUT2D eigenvalue weighted by Crippen LogP contribution is 2.78. The summed E-state index contributed by atoms with van der Waals surface area (Å²) in [5.74, 6) is 1.62. The molecule has 14 nitrogen and oxygen atoms in total. The molecule has 3 aromatic rings. The molecule has 8 saturated carbocycles. The van der Waals surface area contributed by atoms with Crippen LogP contribution in [0.5, 0.6) is 0 Å². The number of carbonyl (C=O) groups is 2. The van der Waals surface area contributed by atoms with Crippen molar-refractivity contribution in [2.45, 2.75) is 250 Å². The van der Waals surface area contributed by atoms with Gasteiger partial charge >= 0.3 is 0 Å². The van der Waals surface area contributed by atoms with Gasteiger partial charge in [0.05, 0.1) is 60.7 Å². The number of aliphatic hydroxyl groups excluding tert-OH is 4. The molecule has 0 saturated heterocycles. The predicted octanol–water partition coefficient (Wildman–Crippen LogP) is 12.7. The summed E-state index contributed by atoms with van der Waals surface area (Å²) in [6.07, 6.45) is 22.9. The zero-order valence-corrected chi connectivity index (χ0v) is 56.2. The first-order chi connectivity index (χ1) is 41.2. The van der Waals surface area contributed by atoms with Crippen LogP contribution in [-0.4, -0.2) is 99.7 Å². The number of nitrogens with zero attached hydrogens (tertiary/aromatic N) is 6. The summed E-state index contributed by atoms with van der Waals surface area (Å²) in [5, 5.41) is 72.6. The third-order valence-electron chi connectivity index (χ3n) is 30.0. The molecule has 6 unspecified atom stereocenters. The van der Waals surface area contributed by atoms with Gasteiger partial charge in [-0.1, -0.05) is 155 Å². The maximum atomic E-state index is 15.0. The Hall–Kier alpha value is -4.24. The molecule has 0 aliphatic heterocycles. The number of hydrogen-bond acceptors (Lipinski definition) is 10. The smallest absolute Gasteiger partial charge is 0.229 e. The Morgan fingerprint density at radius 3 is 1.23 bits per heavy atom. The Kier molecular flexibility index (Phi) is 14.7. The van der Waals surface area contributed by atoms with Gasteiger partial charge in [-0.25, -0.2) is 0 Å². The number of nitrogens with one attached hydrogen (secondary N) is 2. The Morgan fingerprint density at radius 1 is 0.477 bits per heavy atom. The number of carbonyl (C=O) groups excluding carboxylic acids is 2. The van der Waals surface area contributed by atoms with Crippen LogP contribution >= 0.6 is 0 Å². The van der Waals surface area contributed by atoms with Gasteiger partial charge in [0.2, 0.25) is 11.8 Å². The summed E-state index contributed by atoms with van der Waals surface area (Å²) in [4.78, 5) is 29.9. The standard InChI is InChI=1S/C74H110N8O6/c1-63(2)31-33-73(49(39-63)47-19-21-55-67(9)27-25-57(83)65(5,6)53(67)23-29-69(55,11)71(47,13)41-59(73)85)61(87)75-35-37-81-43-51(77-79-81)45-15-17-46(18-16-45)52-44-82(80-78-52)38-36-76-62(88)74-34-32-64(3,4)40-50(74)48-20-22-56-68(10)28-26-58(84)66(7,8)54(68)24-30-70(56,12)72(48,14)42-60(74)86/h15-20,43-44,49-50,53-60,83-86H,21-42H2,1-14H3,(H,75,87)(H,76,88)/t49?,50?,53?,54?,55?,56?,57-,58-,59+,60+,67-,68-,69+,70+,71+,72+,73+,74+/m0/s1. The average molecular weight is 1210 g/mol. The normalized spacial score (nSPS) is 44.1. The minimum atomic E-state index is -0.895. The molecule has 6 N–H and O–H groups in total. The number of benzene rings is 1. The number of aliphatic hydroxyl groups is 4. The van der Waals surface area contributed by atoms with Gasteiger partial charge in [0, 0.05) is 24.2 Å². The number of aromatic nitrogens is 6. The minimum Gasteiger partial charge on any atom is -0.393 e. The lowest BCUT2D eigenvalue weighted by Crippen LogP contribution is -2.68. The van der Waals surface area contributed by atoms with Crippen LogP contribution in [0.1, 0.15) is 213 Å². The van der Waals surface area contributed by atoms with Crippen LogP contribution in [0.25, 0.3) is 22.5 Å². The number of fused-ring (bicyclic) bond motifs is 14. The van der Waals surface area contributed by atoms with Crippen LogP contribution in [-0.2, 0) is 22.7 Å². The van der Waals surface area contributed by atoms with Gasteiger partial charge < -0.3 is 31.1 Å². The molecule has 2 amide bonds. The highest BCUT2D eigenvalue weighted by molar-refractivity contribution is 5.86. The molecule has 0 bridgehead atoms. The molecular weight excluding hydrogens is 1100 g/mol. The summed E-state index contributed by atoms with van der Waals surface area (Å²) in [5.41, 5.74) is 3.80. The van der Waals surface area contributed by atoms with E-state index in [0.717, 1.165) is 112 Å². The van der Waals surface area contributed by atoms with Gasteiger partial charge in [-0.05, 0) is 205 Å². The second-order valence-corrected chi connectivity index (χ2v) is 35.5. The lowest BCUT2D eigenvalue weighted by Gasteiger charge is -2.71. The largest absolute Gasteiger partial charge is 0.393 e. The van der Waals surface area contributed by atoms with Gasteiger partial charge in [0.1, 0.15) is 11.4 Å². The molecule has 2 aromatic heterocycles. The average Bonchev–Trinajstić information content (AvgIpc) is 0.733. The van der Waals surface area contributed by atoms with Crippen molar-refractivity contribution < 1.29 is 30.0 Å². The van der Waals surface area contributed by atoms with Crippen molar-refractivity contribution in [1.82, 2.24) is 40.6 Å². The van der Waals surface area contributed by atoms with Crippen LogP contribution < -0.4 is 10.6 Å². The van der Waals surface area contributed by atoms with Crippen molar-refractivity contribution in [3.63, 3.8) is 0 Å². The summed E-state index contributed by atoms with van der Waals surface area (Å²) in [6, 6.07) is 8.05. The van der Waals surface area contributed by atoms with Crippen molar-refractivity contribution >= 4 is 11.8 Å². The zero-order chi connectivity index (χ0) is 63.0. The van der Waals surface area contributed by atoms with E-state index in [0.29, 0.717) is 75.5 Å². The van der Waals surface area contributed by atoms with Crippen molar-refractivity contribution in [2.75, 3.05) is 13.1 Å². The molecule has 88 heavy (non-hydrogen) atoms. The molecule has 2 heterocycles. The van der Waals surface area contributed by atoms with Crippen LogP contribution in [0.4, 0.5) is 0 Å². The molecule has 0 spiro atoms. The highest BCUT2D eigenvalue weighted by atomic mass is 16.3. The molecule has 13 rings (SSSR count). The quantitative estimate of drug-likeness (QED) is 0.106. The fraction of sp³-hybridized carbons (Fsp3) is 0.784. The van der Waals surface area contributed by atoms with E-state index in [-0.39, 0.29) is 90.0 Å². The third-order valence-corrected chi connectivity index (χ3v) is 30.0. The monoisotopic (exact) mass is 1210 g/mol. The van der Waals surface area contributed by atoms with E-state index >= 15 is 0 Å². The van der Waals surface area contributed by atoms with Crippen molar-refractivity contribution in [3.8, 4) is 22.5 Å². The first kappa shape index (κ1) is 62.6. The number of hydrogen-bond donors (Lipinski definition) is 6. The first-order valence-corrected chi connectivity index (χ1v) is 34.8. The molecule has 10 aliphatic rings. The Labute approximate surface area is 526 Å². The lowest BCUT2D eigenvalue weighted by molar-refractivity contribution is -0.215. The SMILES string of the molecule is CC1(C)CC[C@@]2(C(=O)NCCn3cc(-c4ccc(-c5cn(CCNC(=O)[C@]67CCC(C)(C)CC6C6=CCC8[C@@]9(C)CC[C@H](O)C(C)(C)C9CC[C@@]8(C)[C@]6(C)C[C@H]7O)nn5)cc4)nn3)C(C1)C1=CCC3[C@@]4(C)CC[C@H](O)C(C)(C)C4CC[C@@]3(C)[C@]1(C)C[C@H]2O. The summed E-state index contributed by atoms with van der Waals surface area (Å²) in [6.45, 7) is 35.1. The number of amides is 2. The van der Waals surface area contributed by atoms with Crippen molar-refractivity contribution in [3.05, 3.63) is 60.0 Å². The lowest BCUT2D eigenvalue weighted by atomic mass is 9.33. The molecule has 10 aliphatic carbocycles. The molecule has 1 aromatic carbocycles. The molecule has 482 valence electrons. The van der Waals surface area contributed by atoms with E-state index < -0.39 is 23.0 Å². The topological polar surface area (TPSA) is 201 Å². The van der Waals surface area contributed by atoms with E-state index in [9.17, 15) is 30.0 Å². The van der Waals surface area contributed by atoms with Crippen LogP contribution in [0, 0.1) is 100 Å². The maximum Gasteiger partial charge on any atom is 0.229 e. The summed E-state index contributed by atoms with van der Waals surface area (Å²) in [7, 11) is 0. The van der Waals surface area contributed by atoms with E-state index in [1.807, 2.05) is 36.7 Å². The maximum absolute atomic E-state index is 15.0.